The van der Waals surface area contributed by atoms with E-state index in [0.29, 0.717) is 12.4 Å². The third kappa shape index (κ3) is 2.69. The molecular weight excluding hydrogens is 254 g/mol. The van der Waals surface area contributed by atoms with Crippen molar-refractivity contribution < 1.29 is 14.4 Å². The average molecular weight is 269 g/mol. The lowest BCUT2D eigenvalue weighted by Crippen LogP contribution is -2.14. The summed E-state index contributed by atoms with van der Waals surface area (Å²) in [7, 11) is 1.41. The Morgan fingerprint density at radius 3 is 2.72 bits per heavy atom. The Balaban J connectivity index is 2.09. The normalized spacial score (nSPS) is 16.1. The third-order valence-electron chi connectivity index (χ3n) is 3.18. The highest BCUT2D eigenvalue weighted by atomic mass is 32.1. The minimum absolute atomic E-state index is 0.0780. The molecule has 0 aromatic heterocycles. The van der Waals surface area contributed by atoms with E-state index in [1.54, 1.807) is 12.1 Å². The van der Waals surface area contributed by atoms with Gasteiger partial charge in [0.15, 0.2) is 5.75 Å². The first kappa shape index (κ1) is 13.0. The lowest BCUT2D eigenvalue weighted by molar-refractivity contribution is -0.385. The van der Waals surface area contributed by atoms with E-state index in [-0.39, 0.29) is 16.9 Å². The van der Waals surface area contributed by atoms with Crippen LogP contribution in [0, 0.1) is 15.5 Å². The van der Waals surface area contributed by atoms with E-state index < -0.39 is 4.92 Å². The van der Waals surface area contributed by atoms with Crippen LogP contribution in [0.25, 0.3) is 0 Å². The first-order valence-electron chi connectivity index (χ1n) is 5.66. The van der Waals surface area contributed by atoms with Gasteiger partial charge < -0.3 is 9.47 Å². The van der Waals surface area contributed by atoms with Gasteiger partial charge in [-0.3, -0.25) is 10.1 Å². The SMILES string of the molecule is COc1ccc(OCC2(CS)CC2)cc1[N+](=O)[O-]. The molecule has 6 heteroatoms. The van der Waals surface area contributed by atoms with Crippen LogP contribution in [0.4, 0.5) is 5.69 Å². The molecular formula is C12H15NO4S. The largest absolute Gasteiger partial charge is 0.493 e. The summed E-state index contributed by atoms with van der Waals surface area (Å²) in [6, 6.07) is 4.63. The number of hydrogen-bond donors (Lipinski definition) is 1. The molecule has 0 spiro atoms. The predicted molar refractivity (Wildman–Crippen MR) is 70.7 cm³/mol. The topological polar surface area (TPSA) is 61.6 Å². The van der Waals surface area contributed by atoms with Gasteiger partial charge in [-0.25, -0.2) is 0 Å². The van der Waals surface area contributed by atoms with Gasteiger partial charge in [0.05, 0.1) is 24.7 Å². The lowest BCUT2D eigenvalue weighted by atomic mass is 10.2. The summed E-state index contributed by atoms with van der Waals surface area (Å²) in [5, 5.41) is 10.9. The van der Waals surface area contributed by atoms with E-state index in [1.807, 2.05) is 0 Å². The molecule has 1 aromatic rings. The summed E-state index contributed by atoms with van der Waals surface area (Å²) in [5.41, 5.74) is 0.0865. The maximum Gasteiger partial charge on any atom is 0.314 e. The smallest absolute Gasteiger partial charge is 0.314 e. The maximum atomic E-state index is 10.9. The molecule has 1 fully saturated rings. The van der Waals surface area contributed by atoms with Crippen LogP contribution < -0.4 is 9.47 Å². The van der Waals surface area contributed by atoms with Crippen molar-refractivity contribution >= 4 is 18.3 Å². The zero-order valence-corrected chi connectivity index (χ0v) is 11.0. The molecule has 0 N–H and O–H groups in total. The maximum absolute atomic E-state index is 10.9. The molecule has 1 aliphatic rings. The number of nitro benzene ring substituents is 1. The molecule has 18 heavy (non-hydrogen) atoms. The van der Waals surface area contributed by atoms with Crippen LogP contribution in [0.5, 0.6) is 11.5 Å². The second kappa shape index (κ2) is 5.06. The molecule has 1 aliphatic carbocycles. The monoisotopic (exact) mass is 269 g/mol. The van der Waals surface area contributed by atoms with E-state index in [4.69, 9.17) is 9.47 Å². The molecule has 0 atom stereocenters. The number of rotatable bonds is 6. The quantitative estimate of drug-likeness (QED) is 0.490. The molecule has 0 heterocycles. The van der Waals surface area contributed by atoms with Gasteiger partial charge in [-0.2, -0.15) is 12.6 Å². The molecule has 0 aliphatic heterocycles. The summed E-state index contributed by atoms with van der Waals surface area (Å²) in [6.07, 6.45) is 2.21. The zero-order chi connectivity index (χ0) is 13.2. The van der Waals surface area contributed by atoms with Gasteiger partial charge in [0, 0.05) is 5.41 Å². The molecule has 5 nitrogen and oxygen atoms in total. The predicted octanol–water partition coefficient (Wildman–Crippen LogP) is 2.69. The van der Waals surface area contributed by atoms with Gasteiger partial charge in [-0.15, -0.1) is 0 Å². The van der Waals surface area contributed by atoms with Crippen LogP contribution in [0.2, 0.25) is 0 Å². The standard InChI is InChI=1S/C12H15NO4S/c1-16-11-3-2-9(6-10(11)13(14)15)17-7-12(8-18)4-5-12/h2-3,6,18H,4-5,7-8H2,1H3. The van der Waals surface area contributed by atoms with Crippen LogP contribution in [0.1, 0.15) is 12.8 Å². The van der Waals surface area contributed by atoms with Gasteiger partial charge in [0.25, 0.3) is 0 Å². The number of nitrogens with zero attached hydrogens (tertiary/aromatic N) is 1. The molecule has 1 saturated carbocycles. The van der Waals surface area contributed by atoms with Crippen molar-refractivity contribution in [3.05, 3.63) is 28.3 Å². The van der Waals surface area contributed by atoms with Crippen LogP contribution >= 0.6 is 12.6 Å². The summed E-state index contributed by atoms with van der Waals surface area (Å²) >= 11 is 4.29. The molecule has 0 unspecified atom stereocenters. The van der Waals surface area contributed by atoms with Crippen molar-refractivity contribution in [2.75, 3.05) is 19.5 Å². The fourth-order valence-corrected chi connectivity index (χ4v) is 2.07. The minimum Gasteiger partial charge on any atom is -0.493 e. The van der Waals surface area contributed by atoms with E-state index in [0.717, 1.165) is 18.6 Å². The Bertz CT molecular complexity index is 459. The fourth-order valence-electron chi connectivity index (χ4n) is 1.66. The number of benzene rings is 1. The van der Waals surface area contributed by atoms with Gasteiger partial charge in [-0.05, 0) is 30.7 Å². The molecule has 1 aromatic carbocycles. The summed E-state index contributed by atoms with van der Waals surface area (Å²) < 4.78 is 10.5. The highest BCUT2D eigenvalue weighted by Gasteiger charge is 2.42. The first-order valence-corrected chi connectivity index (χ1v) is 6.29. The zero-order valence-electron chi connectivity index (χ0n) is 10.1. The highest BCUT2D eigenvalue weighted by Crippen LogP contribution is 2.46. The van der Waals surface area contributed by atoms with Crippen molar-refractivity contribution in [2.45, 2.75) is 12.8 Å². The van der Waals surface area contributed by atoms with E-state index >= 15 is 0 Å². The fraction of sp³-hybridized carbons (Fsp3) is 0.500. The van der Waals surface area contributed by atoms with E-state index in [2.05, 4.69) is 12.6 Å². The second-order valence-corrected chi connectivity index (χ2v) is 4.85. The summed E-state index contributed by atoms with van der Waals surface area (Å²) in [6.45, 7) is 0.556. The van der Waals surface area contributed by atoms with Gasteiger partial charge in [0.2, 0.25) is 0 Å². The van der Waals surface area contributed by atoms with Crippen LogP contribution in [0.3, 0.4) is 0 Å². The van der Waals surface area contributed by atoms with Crippen molar-refractivity contribution in [1.82, 2.24) is 0 Å². The highest BCUT2D eigenvalue weighted by molar-refractivity contribution is 7.80. The van der Waals surface area contributed by atoms with E-state index in [9.17, 15) is 10.1 Å². The molecule has 0 amide bonds. The molecule has 0 radical (unpaired) electrons. The third-order valence-corrected chi connectivity index (χ3v) is 3.86. The van der Waals surface area contributed by atoms with Gasteiger partial charge in [0.1, 0.15) is 5.75 Å². The Morgan fingerprint density at radius 1 is 1.50 bits per heavy atom. The van der Waals surface area contributed by atoms with Gasteiger partial charge >= 0.3 is 5.69 Å². The Morgan fingerprint density at radius 2 is 2.22 bits per heavy atom. The molecule has 2 rings (SSSR count). The molecule has 0 bridgehead atoms. The number of methoxy groups -OCH3 is 1. The van der Waals surface area contributed by atoms with E-state index in [1.165, 1.54) is 13.2 Å². The number of nitro groups is 1. The van der Waals surface area contributed by atoms with Crippen LogP contribution in [-0.2, 0) is 0 Å². The van der Waals surface area contributed by atoms with Crippen LogP contribution in [0.15, 0.2) is 18.2 Å². The average Bonchev–Trinajstić information content (AvgIpc) is 3.16. The minimum atomic E-state index is -0.475. The lowest BCUT2D eigenvalue weighted by Gasteiger charge is -2.13. The van der Waals surface area contributed by atoms with Crippen molar-refractivity contribution in [2.24, 2.45) is 5.41 Å². The van der Waals surface area contributed by atoms with Crippen molar-refractivity contribution in [3.63, 3.8) is 0 Å². The van der Waals surface area contributed by atoms with Crippen LogP contribution in [-0.4, -0.2) is 24.4 Å². The summed E-state index contributed by atoms with van der Waals surface area (Å²) in [4.78, 5) is 10.4. The molecule has 98 valence electrons. The Kier molecular flexibility index (Phi) is 3.65. The number of hydrogen-bond acceptors (Lipinski definition) is 5. The second-order valence-electron chi connectivity index (χ2n) is 4.54. The first-order chi connectivity index (χ1) is 8.60. The number of thiol groups is 1. The van der Waals surface area contributed by atoms with Gasteiger partial charge in [-0.1, -0.05) is 0 Å². The van der Waals surface area contributed by atoms with Crippen molar-refractivity contribution in [3.8, 4) is 11.5 Å². The molecule has 0 saturated heterocycles. The number of ether oxygens (including phenoxy) is 2. The summed E-state index contributed by atoms with van der Waals surface area (Å²) in [5.74, 6) is 1.52. The Hall–Kier alpha value is -1.43. The Labute approximate surface area is 111 Å². The van der Waals surface area contributed by atoms with Crippen molar-refractivity contribution in [1.29, 1.82) is 0 Å².